The van der Waals surface area contributed by atoms with Crippen LogP contribution in [0.5, 0.6) is 0 Å². The van der Waals surface area contributed by atoms with E-state index in [-0.39, 0.29) is 23.4 Å². The van der Waals surface area contributed by atoms with Gasteiger partial charge in [-0.05, 0) is 44.5 Å². The number of aromatic nitrogens is 1. The van der Waals surface area contributed by atoms with Gasteiger partial charge in [0.25, 0.3) is 5.91 Å². The van der Waals surface area contributed by atoms with E-state index in [1.165, 1.54) is 20.9 Å². The van der Waals surface area contributed by atoms with E-state index in [1.54, 1.807) is 0 Å². The van der Waals surface area contributed by atoms with Crippen molar-refractivity contribution in [2.24, 2.45) is 0 Å². The van der Waals surface area contributed by atoms with Gasteiger partial charge in [0.05, 0.1) is 17.0 Å². The smallest absolute Gasteiger partial charge is 0.311 e. The monoisotopic (exact) mass is 463 g/mol. The number of amides is 1. The topological polar surface area (TPSA) is 70.6 Å². The molecule has 1 aliphatic rings. The van der Waals surface area contributed by atoms with Crippen molar-refractivity contribution in [1.82, 2.24) is 4.98 Å². The fraction of sp³-hybridized carbons (Fsp3) is 0.368. The average molecular weight is 463 g/mol. The van der Waals surface area contributed by atoms with Crippen LogP contribution in [0.4, 0.5) is 33.5 Å². The minimum atomic E-state index is -4.75. The Hall–Kier alpha value is -2.76. The number of anilines is 2. The van der Waals surface area contributed by atoms with E-state index in [0.29, 0.717) is 10.4 Å². The number of rotatable bonds is 3. The second-order valence-electron chi connectivity index (χ2n) is 7.17. The number of halogens is 5. The molecule has 3 rings (SSSR count). The van der Waals surface area contributed by atoms with Crippen molar-refractivity contribution >= 4 is 27.4 Å². The minimum Gasteiger partial charge on any atom is -0.311 e. The lowest BCUT2D eigenvalue weighted by atomic mass is 10.1. The molecule has 31 heavy (non-hydrogen) atoms. The summed E-state index contributed by atoms with van der Waals surface area (Å²) in [4.78, 5) is 17.7. The Balaban J connectivity index is 2.05. The highest BCUT2D eigenvalue weighted by molar-refractivity contribution is 7.93. The zero-order valence-electron chi connectivity index (χ0n) is 16.7. The van der Waals surface area contributed by atoms with Crippen molar-refractivity contribution in [1.29, 1.82) is 0 Å². The summed E-state index contributed by atoms with van der Waals surface area (Å²) in [5, 5.41) is 0. The average Bonchev–Trinajstić information content (AvgIpc) is 2.99. The summed E-state index contributed by atoms with van der Waals surface area (Å²) in [5.74, 6) is -3.76. The highest BCUT2D eigenvalue weighted by atomic mass is 32.2. The lowest BCUT2D eigenvalue weighted by molar-refractivity contribution is -0.137. The number of likely N-dealkylation sites (N-methyl/N-ethyl adjacent to an activating group) is 1. The lowest BCUT2D eigenvalue weighted by Gasteiger charge is -2.28. The summed E-state index contributed by atoms with van der Waals surface area (Å²) in [6.45, 7) is 2.44. The molecule has 0 unspecified atom stereocenters. The molecule has 1 fully saturated rings. The van der Waals surface area contributed by atoms with Gasteiger partial charge in [-0.2, -0.15) is 13.2 Å². The van der Waals surface area contributed by atoms with Crippen LogP contribution in [-0.4, -0.2) is 38.2 Å². The van der Waals surface area contributed by atoms with Crippen molar-refractivity contribution in [3.05, 3.63) is 52.7 Å². The second-order valence-corrected chi connectivity index (χ2v) is 9.14. The van der Waals surface area contributed by atoms with Gasteiger partial charge in [0.2, 0.25) is 10.0 Å². The molecule has 1 saturated heterocycles. The van der Waals surface area contributed by atoms with E-state index >= 15 is 0 Å². The van der Waals surface area contributed by atoms with E-state index < -0.39 is 56.9 Å². The number of hydrogen-bond acceptors (Lipinski definition) is 4. The number of carbonyl (C=O) groups is 1. The largest absolute Gasteiger partial charge is 0.416 e. The fourth-order valence-electron chi connectivity index (χ4n) is 3.37. The molecule has 168 valence electrons. The Kier molecular flexibility index (Phi) is 5.72. The van der Waals surface area contributed by atoms with Gasteiger partial charge in [-0.15, -0.1) is 0 Å². The molecule has 2 heterocycles. The number of benzene rings is 1. The van der Waals surface area contributed by atoms with Crippen molar-refractivity contribution < 1.29 is 35.2 Å². The quantitative estimate of drug-likeness (QED) is 0.653. The van der Waals surface area contributed by atoms with Gasteiger partial charge < -0.3 is 4.90 Å². The Bertz CT molecular complexity index is 1150. The Morgan fingerprint density at radius 1 is 1.19 bits per heavy atom. The third-order valence-corrected chi connectivity index (χ3v) is 6.79. The fourth-order valence-corrected chi connectivity index (χ4v) is 5.05. The van der Waals surface area contributed by atoms with Crippen LogP contribution in [0.15, 0.2) is 24.3 Å². The third kappa shape index (κ3) is 4.21. The zero-order valence-corrected chi connectivity index (χ0v) is 17.5. The molecule has 2 aromatic rings. The first kappa shape index (κ1) is 22.9. The zero-order chi connectivity index (χ0) is 23.3. The molecule has 0 spiro atoms. The Labute approximate surface area is 175 Å². The first-order valence-corrected chi connectivity index (χ1v) is 10.6. The SMILES string of the molecule is Cc1cc(C(F)(F)F)cc(N2[C@H](C(=O)N(C)c3ccc(F)c(C)c3F)CCS2(=O)=O)n1. The van der Waals surface area contributed by atoms with Gasteiger partial charge in [0, 0.05) is 18.3 Å². The first-order chi connectivity index (χ1) is 14.2. The molecule has 1 aliphatic heterocycles. The van der Waals surface area contributed by atoms with Crippen LogP contribution in [0.1, 0.15) is 23.2 Å². The number of carbonyl (C=O) groups excluding carboxylic acids is 1. The molecule has 6 nitrogen and oxygen atoms in total. The number of sulfonamides is 1. The predicted molar refractivity (Wildman–Crippen MR) is 103 cm³/mol. The first-order valence-electron chi connectivity index (χ1n) is 9.04. The van der Waals surface area contributed by atoms with Gasteiger partial charge in [-0.3, -0.25) is 4.79 Å². The number of hydrogen-bond donors (Lipinski definition) is 0. The van der Waals surface area contributed by atoms with Crippen molar-refractivity contribution in [2.45, 2.75) is 32.5 Å². The van der Waals surface area contributed by atoms with E-state index in [0.717, 1.165) is 23.1 Å². The Morgan fingerprint density at radius 3 is 2.45 bits per heavy atom. The Morgan fingerprint density at radius 2 is 1.84 bits per heavy atom. The minimum absolute atomic E-state index is 0.0910. The van der Waals surface area contributed by atoms with E-state index in [2.05, 4.69) is 4.98 Å². The molecule has 0 bridgehead atoms. The molecule has 1 aromatic carbocycles. The summed E-state index contributed by atoms with van der Waals surface area (Å²) < 4.78 is 93.3. The predicted octanol–water partition coefficient (Wildman–Crippen LogP) is 3.57. The van der Waals surface area contributed by atoms with E-state index in [1.807, 2.05) is 0 Å². The summed E-state index contributed by atoms with van der Waals surface area (Å²) in [6, 6.07) is 1.86. The maximum Gasteiger partial charge on any atom is 0.416 e. The molecule has 0 aliphatic carbocycles. The molecular formula is C19H18F5N3O3S. The van der Waals surface area contributed by atoms with Gasteiger partial charge in [-0.1, -0.05) is 0 Å². The molecule has 12 heteroatoms. The highest BCUT2D eigenvalue weighted by Gasteiger charge is 2.45. The molecule has 0 saturated carbocycles. The number of nitrogens with zero attached hydrogens (tertiary/aromatic N) is 3. The molecular weight excluding hydrogens is 445 g/mol. The van der Waals surface area contributed by atoms with Crippen molar-refractivity contribution in [3.63, 3.8) is 0 Å². The lowest BCUT2D eigenvalue weighted by Crippen LogP contribution is -2.46. The molecule has 0 N–H and O–H groups in total. The number of alkyl halides is 3. The van der Waals surface area contributed by atoms with Crippen molar-refractivity contribution in [2.75, 3.05) is 22.0 Å². The van der Waals surface area contributed by atoms with Gasteiger partial charge in [-0.25, -0.2) is 26.5 Å². The van der Waals surface area contributed by atoms with E-state index in [9.17, 15) is 35.2 Å². The van der Waals surface area contributed by atoms with Crippen LogP contribution in [0.3, 0.4) is 0 Å². The summed E-state index contributed by atoms with van der Waals surface area (Å²) in [6.07, 6.45) is -4.98. The summed E-state index contributed by atoms with van der Waals surface area (Å²) in [5.41, 5.74) is -1.83. The molecule has 0 radical (unpaired) electrons. The van der Waals surface area contributed by atoms with Crippen molar-refractivity contribution in [3.8, 4) is 0 Å². The molecule has 1 amide bonds. The summed E-state index contributed by atoms with van der Waals surface area (Å²) >= 11 is 0. The second kappa shape index (κ2) is 7.74. The van der Waals surface area contributed by atoms with Crippen LogP contribution in [0, 0.1) is 25.5 Å². The molecule has 1 atom stereocenters. The standard InChI is InChI=1S/C19H18F5N3O3S/c1-10-8-12(19(22,23)24)9-16(25-10)27-15(6-7-31(27,29)30)18(28)26(3)14-5-4-13(20)11(2)17(14)21/h4-5,8-9,15H,6-7H2,1-3H3/t15-/m0/s1. The molecule has 1 aromatic heterocycles. The van der Waals surface area contributed by atoms with E-state index in [4.69, 9.17) is 0 Å². The maximum atomic E-state index is 14.5. The van der Waals surface area contributed by atoms with Crippen LogP contribution in [0.2, 0.25) is 0 Å². The third-order valence-electron chi connectivity index (χ3n) is 5.00. The van der Waals surface area contributed by atoms with Crippen LogP contribution in [0.25, 0.3) is 0 Å². The maximum absolute atomic E-state index is 14.5. The van der Waals surface area contributed by atoms with Gasteiger partial charge in [0.1, 0.15) is 17.7 Å². The number of pyridine rings is 1. The summed E-state index contributed by atoms with van der Waals surface area (Å²) in [7, 11) is -2.98. The van der Waals surface area contributed by atoms with Gasteiger partial charge >= 0.3 is 6.18 Å². The van der Waals surface area contributed by atoms with Crippen LogP contribution >= 0.6 is 0 Å². The highest BCUT2D eigenvalue weighted by Crippen LogP contribution is 2.36. The van der Waals surface area contributed by atoms with Gasteiger partial charge in [0.15, 0.2) is 5.82 Å². The van der Waals surface area contributed by atoms with Crippen LogP contribution in [-0.2, 0) is 21.0 Å². The van der Waals surface area contributed by atoms with Crippen LogP contribution < -0.4 is 9.21 Å². The number of aryl methyl sites for hydroxylation is 1. The normalized spacial score (nSPS) is 18.3.